The molecule has 0 bridgehead atoms. The molecule has 0 fully saturated rings. The molecular formula is C16H16O7S. The summed E-state index contributed by atoms with van der Waals surface area (Å²) in [5, 5.41) is 18.7. The van der Waals surface area contributed by atoms with Crippen LogP contribution in [0.15, 0.2) is 53.0 Å². The van der Waals surface area contributed by atoms with E-state index in [2.05, 4.69) is 0 Å². The van der Waals surface area contributed by atoms with Crippen LogP contribution < -0.4 is 0 Å². The average molecular weight is 352 g/mol. The third-order valence-corrected chi connectivity index (χ3v) is 5.03. The minimum atomic E-state index is -4.35. The molecule has 0 saturated carbocycles. The highest BCUT2D eigenvalue weighted by molar-refractivity contribution is 7.86. The van der Waals surface area contributed by atoms with Crippen LogP contribution in [0.2, 0.25) is 0 Å². The molecule has 2 rings (SSSR count). The van der Waals surface area contributed by atoms with E-state index in [9.17, 15) is 28.2 Å². The van der Waals surface area contributed by atoms with E-state index in [0.29, 0.717) is 5.56 Å². The van der Waals surface area contributed by atoms with Gasteiger partial charge < -0.3 is 10.2 Å². The van der Waals surface area contributed by atoms with Crippen molar-refractivity contribution in [2.24, 2.45) is 5.41 Å². The van der Waals surface area contributed by atoms with Gasteiger partial charge in [0.2, 0.25) is 0 Å². The normalized spacial score (nSPS) is 23.6. The number of aliphatic carboxylic acids is 2. The second-order valence-electron chi connectivity index (χ2n) is 5.62. The van der Waals surface area contributed by atoms with Gasteiger partial charge in [-0.1, -0.05) is 24.3 Å². The Hall–Kier alpha value is -2.45. The van der Waals surface area contributed by atoms with E-state index in [0.717, 1.165) is 6.08 Å². The Morgan fingerprint density at radius 1 is 1.25 bits per heavy atom. The van der Waals surface area contributed by atoms with E-state index in [1.54, 1.807) is 13.0 Å². The molecule has 2 N–H and O–H groups in total. The molecule has 0 amide bonds. The summed E-state index contributed by atoms with van der Waals surface area (Å²) < 4.78 is 30.0. The fourth-order valence-corrected chi connectivity index (χ4v) is 3.56. The summed E-state index contributed by atoms with van der Waals surface area (Å²) in [6.45, 7) is 2.89. The Kier molecular flexibility index (Phi) is 4.63. The van der Waals surface area contributed by atoms with E-state index in [4.69, 9.17) is 4.18 Å². The Morgan fingerprint density at radius 2 is 1.92 bits per heavy atom. The zero-order valence-corrected chi connectivity index (χ0v) is 13.8. The smallest absolute Gasteiger partial charge is 0.334 e. The maximum absolute atomic E-state index is 12.5. The maximum Gasteiger partial charge on any atom is 0.334 e. The molecule has 1 aromatic carbocycles. The van der Waals surface area contributed by atoms with Crippen LogP contribution in [-0.4, -0.2) is 36.7 Å². The molecule has 0 heterocycles. The van der Waals surface area contributed by atoms with Crippen molar-refractivity contribution in [1.29, 1.82) is 0 Å². The second kappa shape index (κ2) is 6.21. The van der Waals surface area contributed by atoms with Gasteiger partial charge in [-0.05, 0) is 37.6 Å². The third-order valence-electron chi connectivity index (χ3n) is 3.75. The summed E-state index contributed by atoms with van der Waals surface area (Å²) in [6, 6.07) is 5.85. The van der Waals surface area contributed by atoms with Crippen LogP contribution in [0.1, 0.15) is 12.5 Å². The first-order valence-electron chi connectivity index (χ1n) is 6.94. The standard InChI is InChI=1S/C16H16O7S/c1-10-5-3-6-11(9-10)24(21,22)23-13-12(14(17)18)7-4-8-16(13,2)15(19)20/h3-9,13H,1-2H3,(H,17,18)(H,19,20). The van der Waals surface area contributed by atoms with Gasteiger partial charge in [0.1, 0.15) is 11.5 Å². The molecule has 1 aliphatic rings. The predicted octanol–water partition coefficient (Wildman–Crippen LogP) is 1.74. The SMILES string of the molecule is Cc1cccc(S(=O)(=O)OC2C(C(=O)O)=CC=CC2(C)C(=O)O)c1. The van der Waals surface area contributed by atoms with Gasteiger partial charge in [-0.3, -0.25) is 8.98 Å². The number of aryl methyl sites for hydroxylation is 1. The number of benzene rings is 1. The molecule has 0 radical (unpaired) electrons. The molecule has 0 aliphatic heterocycles. The Bertz CT molecular complexity index is 851. The highest BCUT2D eigenvalue weighted by atomic mass is 32.2. The number of allylic oxidation sites excluding steroid dienone is 2. The number of carboxylic acid groups (broad SMARTS) is 2. The van der Waals surface area contributed by atoms with Gasteiger partial charge >= 0.3 is 11.9 Å². The lowest BCUT2D eigenvalue weighted by Gasteiger charge is -2.32. The number of hydrogen-bond acceptors (Lipinski definition) is 5. The largest absolute Gasteiger partial charge is 0.481 e. The molecule has 2 atom stereocenters. The lowest BCUT2D eigenvalue weighted by molar-refractivity contribution is -0.149. The average Bonchev–Trinajstić information content (AvgIpc) is 2.48. The van der Waals surface area contributed by atoms with E-state index in [-0.39, 0.29) is 4.90 Å². The Morgan fingerprint density at radius 3 is 2.46 bits per heavy atom. The first-order chi connectivity index (χ1) is 11.1. The van der Waals surface area contributed by atoms with Crippen molar-refractivity contribution in [3.05, 3.63) is 53.6 Å². The minimum Gasteiger partial charge on any atom is -0.481 e. The summed E-state index contributed by atoms with van der Waals surface area (Å²) in [5.41, 5.74) is -1.61. The van der Waals surface area contributed by atoms with E-state index in [1.807, 2.05) is 0 Å². The number of carboxylic acids is 2. The monoisotopic (exact) mass is 352 g/mol. The van der Waals surface area contributed by atoms with Crippen LogP contribution >= 0.6 is 0 Å². The van der Waals surface area contributed by atoms with Crippen molar-refractivity contribution in [3.63, 3.8) is 0 Å². The van der Waals surface area contributed by atoms with Crippen LogP contribution in [0.4, 0.5) is 0 Å². The number of carbonyl (C=O) groups is 2. The van der Waals surface area contributed by atoms with Crippen molar-refractivity contribution in [3.8, 4) is 0 Å². The lowest BCUT2D eigenvalue weighted by atomic mass is 9.77. The summed E-state index contributed by atoms with van der Waals surface area (Å²) in [6.07, 6.45) is 1.90. The topological polar surface area (TPSA) is 118 Å². The Balaban J connectivity index is 2.50. The summed E-state index contributed by atoms with van der Waals surface area (Å²) in [7, 11) is -4.35. The molecule has 24 heavy (non-hydrogen) atoms. The molecule has 1 aromatic rings. The minimum absolute atomic E-state index is 0.172. The van der Waals surface area contributed by atoms with E-state index in [1.165, 1.54) is 37.3 Å². The van der Waals surface area contributed by atoms with Crippen LogP contribution in [0, 0.1) is 12.3 Å². The number of hydrogen-bond donors (Lipinski definition) is 2. The zero-order chi connectivity index (χ0) is 18.1. The first-order valence-corrected chi connectivity index (χ1v) is 8.35. The highest BCUT2D eigenvalue weighted by Gasteiger charge is 2.48. The van der Waals surface area contributed by atoms with E-state index >= 15 is 0 Å². The molecule has 8 heteroatoms. The number of rotatable bonds is 5. The van der Waals surface area contributed by atoms with Gasteiger partial charge in [0.15, 0.2) is 0 Å². The predicted molar refractivity (Wildman–Crippen MR) is 83.8 cm³/mol. The maximum atomic E-state index is 12.5. The lowest BCUT2D eigenvalue weighted by Crippen LogP contribution is -2.45. The first kappa shape index (κ1) is 17.9. The second-order valence-corrected chi connectivity index (χ2v) is 7.19. The van der Waals surface area contributed by atoms with Crippen LogP contribution in [0.5, 0.6) is 0 Å². The summed E-state index contributed by atoms with van der Waals surface area (Å²) >= 11 is 0. The Labute approximate surface area is 139 Å². The van der Waals surface area contributed by atoms with Crippen molar-refractivity contribution >= 4 is 22.1 Å². The van der Waals surface area contributed by atoms with Crippen molar-refractivity contribution in [2.75, 3.05) is 0 Å². The van der Waals surface area contributed by atoms with Crippen LogP contribution in [0.25, 0.3) is 0 Å². The van der Waals surface area contributed by atoms with Gasteiger partial charge in [0, 0.05) is 0 Å². The van der Waals surface area contributed by atoms with Gasteiger partial charge in [0.05, 0.1) is 10.5 Å². The zero-order valence-electron chi connectivity index (χ0n) is 13.0. The van der Waals surface area contributed by atoms with Gasteiger partial charge in [-0.25, -0.2) is 4.79 Å². The fraction of sp³-hybridized carbons (Fsp3) is 0.250. The summed E-state index contributed by atoms with van der Waals surface area (Å²) in [4.78, 5) is 22.8. The molecule has 0 saturated heterocycles. The van der Waals surface area contributed by atoms with Crippen molar-refractivity contribution < 1.29 is 32.4 Å². The van der Waals surface area contributed by atoms with Gasteiger partial charge in [0.25, 0.3) is 10.1 Å². The fourth-order valence-electron chi connectivity index (χ4n) is 2.32. The molecular weight excluding hydrogens is 336 g/mol. The third kappa shape index (κ3) is 3.24. The highest BCUT2D eigenvalue weighted by Crippen LogP contribution is 2.36. The van der Waals surface area contributed by atoms with Crippen molar-refractivity contribution in [2.45, 2.75) is 24.8 Å². The van der Waals surface area contributed by atoms with Crippen molar-refractivity contribution in [1.82, 2.24) is 0 Å². The molecule has 0 spiro atoms. The molecule has 0 aromatic heterocycles. The van der Waals surface area contributed by atoms with Crippen LogP contribution in [-0.2, 0) is 23.9 Å². The van der Waals surface area contributed by atoms with Crippen LogP contribution in [0.3, 0.4) is 0 Å². The van der Waals surface area contributed by atoms with Gasteiger partial charge in [-0.2, -0.15) is 8.42 Å². The molecule has 1 aliphatic carbocycles. The van der Waals surface area contributed by atoms with Gasteiger partial charge in [-0.15, -0.1) is 0 Å². The molecule has 128 valence electrons. The quantitative estimate of drug-likeness (QED) is 0.775. The summed E-state index contributed by atoms with van der Waals surface area (Å²) in [5.74, 6) is -2.84. The molecule has 7 nitrogen and oxygen atoms in total. The van der Waals surface area contributed by atoms with E-state index < -0.39 is 39.1 Å². The molecule has 2 unspecified atom stereocenters.